The first-order valence-electron chi connectivity index (χ1n) is 11.5. The molecule has 10 heteroatoms. The molecule has 2 N–H and O–H groups in total. The number of fused-ring (bicyclic) bond motifs is 2. The molecule has 0 bridgehead atoms. The van der Waals surface area contributed by atoms with Crippen LogP contribution in [0, 0.1) is 0 Å². The van der Waals surface area contributed by atoms with Gasteiger partial charge >= 0.3 is 19.5 Å². The smallest absolute Gasteiger partial charge is 0.693 e. The van der Waals surface area contributed by atoms with Crippen molar-refractivity contribution in [2.24, 2.45) is 0 Å². The van der Waals surface area contributed by atoms with Crippen LogP contribution in [0.2, 0.25) is 0 Å². The molecule has 6 rings (SSSR count). The van der Waals surface area contributed by atoms with Crippen LogP contribution in [0.3, 0.4) is 0 Å². The Morgan fingerprint density at radius 2 is 0.875 bits per heavy atom. The average Bonchev–Trinajstić information content (AvgIpc) is 2.98. The van der Waals surface area contributed by atoms with E-state index in [1.165, 1.54) is 57.9 Å². The van der Waals surface area contributed by atoms with Gasteiger partial charge in [-0.3, -0.25) is 9.97 Å². The Kier molecular flexibility index (Phi) is 12.1. The summed E-state index contributed by atoms with van der Waals surface area (Å²) < 4.78 is 0. The maximum Gasteiger partial charge on any atom is 3.00 e. The molecule has 0 saturated carbocycles. The normalized spacial score (nSPS) is 9.50. The summed E-state index contributed by atoms with van der Waals surface area (Å²) in [6, 6.07) is 28.9. The molecule has 0 atom stereocenters. The van der Waals surface area contributed by atoms with E-state index in [2.05, 4.69) is 44.2 Å². The van der Waals surface area contributed by atoms with Crippen LogP contribution in [0.5, 0.6) is 0 Å². The van der Waals surface area contributed by atoms with Crippen LogP contribution < -0.4 is 10.2 Å². The van der Waals surface area contributed by atoms with Gasteiger partial charge in [0.1, 0.15) is 0 Å². The molecular formula is C30H22N5O4Ru. The van der Waals surface area contributed by atoms with Gasteiger partial charge in [-0.2, -0.15) is 0 Å². The van der Waals surface area contributed by atoms with E-state index in [0.717, 1.165) is 0 Å². The second-order valence-electron chi connectivity index (χ2n) is 7.84. The number of aromatic carboxylic acids is 2. The summed E-state index contributed by atoms with van der Waals surface area (Å²) in [5.41, 5.74) is 0.0147. The largest absolute Gasteiger partial charge is 3.00 e. The van der Waals surface area contributed by atoms with Gasteiger partial charge in [-0.15, -0.1) is 0 Å². The molecule has 0 aliphatic heterocycles. The van der Waals surface area contributed by atoms with E-state index < -0.39 is 11.9 Å². The van der Waals surface area contributed by atoms with Gasteiger partial charge in [0.05, 0.1) is 34.7 Å². The van der Waals surface area contributed by atoms with Crippen LogP contribution in [0.1, 0.15) is 21.0 Å². The number of rotatable bonds is 3. The molecule has 0 aliphatic rings. The number of benzene rings is 2. The molecule has 9 nitrogen and oxygen atoms in total. The van der Waals surface area contributed by atoms with Crippen molar-refractivity contribution in [3.05, 3.63) is 139 Å². The first kappa shape index (κ1) is 31.3. The molecule has 4 heterocycles. The van der Waals surface area contributed by atoms with Crippen molar-refractivity contribution in [3.63, 3.8) is 0 Å². The topological polar surface area (TPSA) is 165 Å². The number of pyridine rings is 4. The zero-order chi connectivity index (χ0) is 26.7. The summed E-state index contributed by atoms with van der Waals surface area (Å²) in [6.45, 7) is 0. The average molecular weight is 618 g/mol. The molecule has 2 aromatic carbocycles. The molecule has 1 radical (unpaired) electrons. The van der Waals surface area contributed by atoms with Crippen LogP contribution in [0.15, 0.2) is 122 Å². The molecule has 0 fully saturated rings. The Bertz CT molecular complexity index is 1460. The summed E-state index contributed by atoms with van der Waals surface area (Å²) in [5.74, 6) is -2.82. The van der Waals surface area contributed by atoms with Gasteiger partial charge in [0.25, 0.3) is 0 Å². The minimum Gasteiger partial charge on any atom is -0.693 e. The van der Waals surface area contributed by atoms with Crippen molar-refractivity contribution in [3.8, 4) is 11.4 Å². The summed E-state index contributed by atoms with van der Waals surface area (Å²) in [6.07, 6.45) is 7.36. The fraction of sp³-hybridized carbons (Fsp3) is 0. The Hall–Kier alpha value is -4.92. The van der Waals surface area contributed by atoms with Crippen molar-refractivity contribution >= 4 is 33.5 Å². The Morgan fingerprint density at radius 1 is 0.500 bits per heavy atom. The van der Waals surface area contributed by atoms with Gasteiger partial charge in [0, 0.05) is 24.8 Å². The third-order valence-corrected chi connectivity index (χ3v) is 5.28. The molecule has 0 unspecified atom stereocenters. The van der Waals surface area contributed by atoms with E-state index in [0.29, 0.717) is 0 Å². The second-order valence-corrected chi connectivity index (χ2v) is 7.84. The predicted molar refractivity (Wildman–Crippen MR) is 145 cm³/mol. The zero-order valence-electron chi connectivity index (χ0n) is 20.9. The Morgan fingerprint density at radius 3 is 1.23 bits per heavy atom. The van der Waals surface area contributed by atoms with E-state index in [9.17, 15) is 19.8 Å². The number of hydrogen-bond donors (Lipinski definition) is 0. The van der Waals surface area contributed by atoms with E-state index in [1.54, 1.807) is 0 Å². The van der Waals surface area contributed by atoms with Gasteiger partial charge in [-0.25, -0.2) is 9.97 Å². The number of carbonyl (C=O) groups excluding carboxylic acids is 2. The molecule has 0 aliphatic carbocycles. The van der Waals surface area contributed by atoms with Crippen LogP contribution in [-0.2, 0) is 19.5 Å². The van der Waals surface area contributed by atoms with Gasteiger partial charge in [-0.1, -0.05) is 60.7 Å². The Labute approximate surface area is 243 Å². The molecule has 6 aromatic rings. The molecule has 0 spiro atoms. The number of aromatic nitrogens is 4. The van der Waals surface area contributed by atoms with Gasteiger partial charge < -0.3 is 26.0 Å². The molecular weight excluding hydrogens is 595 g/mol. The van der Waals surface area contributed by atoms with E-state index in [1.807, 2.05) is 61.2 Å². The number of hydrogen-bond acceptors (Lipinski definition) is 8. The summed E-state index contributed by atoms with van der Waals surface area (Å²) in [5, 5.41) is 26.2. The number of nitrogens with two attached hydrogens (primary N) is 1. The van der Waals surface area contributed by atoms with E-state index in [-0.39, 0.29) is 48.4 Å². The van der Waals surface area contributed by atoms with Crippen LogP contribution in [0.25, 0.3) is 39.1 Å². The molecule has 0 amide bonds. The van der Waals surface area contributed by atoms with E-state index in [4.69, 9.17) is 0 Å². The maximum atomic E-state index is 10.7. The van der Waals surface area contributed by atoms with Crippen LogP contribution in [-0.4, -0.2) is 31.9 Å². The van der Waals surface area contributed by atoms with Crippen molar-refractivity contribution in [2.45, 2.75) is 0 Å². The van der Waals surface area contributed by atoms with Crippen LogP contribution >= 0.6 is 0 Å². The minimum absolute atomic E-state index is 0. The summed E-state index contributed by atoms with van der Waals surface area (Å²) in [7, 11) is 0. The van der Waals surface area contributed by atoms with Crippen molar-refractivity contribution in [2.75, 3.05) is 0 Å². The van der Waals surface area contributed by atoms with Crippen molar-refractivity contribution < 1.29 is 39.3 Å². The minimum atomic E-state index is -1.41. The quantitative estimate of drug-likeness (QED) is 0.268. The fourth-order valence-corrected chi connectivity index (χ4v) is 3.44. The molecule has 199 valence electrons. The second kappa shape index (κ2) is 15.5. The van der Waals surface area contributed by atoms with E-state index >= 15 is 0 Å². The number of carbonyl (C=O) groups is 2. The first-order valence-corrected chi connectivity index (χ1v) is 11.5. The first-order chi connectivity index (χ1) is 18.5. The number of carboxylic acid groups (broad SMARTS) is 2. The predicted octanol–water partition coefficient (Wildman–Crippen LogP) is 4.05. The van der Waals surface area contributed by atoms with Gasteiger partial charge in [0.15, 0.2) is 0 Å². The van der Waals surface area contributed by atoms with Gasteiger partial charge in [0.2, 0.25) is 0 Å². The summed E-state index contributed by atoms with van der Waals surface area (Å²) in [4.78, 5) is 37.0. The monoisotopic (exact) mass is 618 g/mol. The number of nitrogens with zero attached hydrogens (tertiary/aromatic N) is 4. The molecule has 40 heavy (non-hydrogen) atoms. The maximum absolute atomic E-state index is 10.7. The zero-order valence-corrected chi connectivity index (χ0v) is 22.6. The third-order valence-electron chi connectivity index (χ3n) is 5.28. The molecule has 4 aromatic heterocycles. The summed E-state index contributed by atoms with van der Waals surface area (Å²) >= 11 is 0. The SMILES string of the molecule is O=C([O-])c1cccc(-c2cccc(C(=O)[O-])n2)n1.[NH2-].[Ru+3].c1ccc2cnccc2c1.c1ccc2cnccc2c1. The Balaban J connectivity index is 0.000000218. The standard InChI is InChI=1S/C12H8N2O4.2C9H7N.H2N.Ru/c15-11(16)9-5-1-3-7(13-9)8-4-2-6-10(14-8)12(17)18;2*1-2-4-9-7-10-6-5-8(9)3-1;;/h1-6H,(H,15,16)(H,17,18);2*1-7H;1H2;/q;;;-1;+3/p-2. The third kappa shape index (κ3) is 8.56. The number of carboxylic acids is 2. The fourth-order valence-electron chi connectivity index (χ4n) is 3.44. The van der Waals surface area contributed by atoms with Crippen molar-refractivity contribution in [1.29, 1.82) is 0 Å². The van der Waals surface area contributed by atoms with Crippen LogP contribution in [0.4, 0.5) is 0 Å². The van der Waals surface area contributed by atoms with Gasteiger partial charge in [-0.05, 0) is 57.9 Å². The van der Waals surface area contributed by atoms with Crippen molar-refractivity contribution in [1.82, 2.24) is 19.9 Å². The molecule has 0 saturated heterocycles.